The molecular formula is C26H23NO2S. The number of imide groups is 1. The Morgan fingerprint density at radius 3 is 2.20 bits per heavy atom. The van der Waals surface area contributed by atoms with E-state index in [9.17, 15) is 9.59 Å². The molecule has 0 saturated carbocycles. The smallest absolute Gasteiger partial charge is 0.273 e. The summed E-state index contributed by atoms with van der Waals surface area (Å²) in [6.07, 6.45) is 3.43. The zero-order valence-electron chi connectivity index (χ0n) is 16.8. The molecule has 0 radical (unpaired) electrons. The van der Waals surface area contributed by atoms with Gasteiger partial charge in [-0.1, -0.05) is 102 Å². The van der Waals surface area contributed by atoms with Crippen LogP contribution in [0, 0.1) is 6.92 Å². The fourth-order valence-corrected chi connectivity index (χ4v) is 4.63. The van der Waals surface area contributed by atoms with Crippen molar-refractivity contribution in [2.24, 2.45) is 0 Å². The van der Waals surface area contributed by atoms with E-state index in [0.717, 1.165) is 34.9 Å². The molecule has 2 amide bonds. The van der Waals surface area contributed by atoms with E-state index in [4.69, 9.17) is 0 Å². The lowest BCUT2D eigenvalue weighted by molar-refractivity contribution is -0.117. The van der Waals surface area contributed by atoms with Gasteiger partial charge < -0.3 is 0 Å². The van der Waals surface area contributed by atoms with Gasteiger partial charge in [-0.3, -0.25) is 9.59 Å². The van der Waals surface area contributed by atoms with Crippen LogP contribution in [0.2, 0.25) is 0 Å². The van der Waals surface area contributed by atoms with Crippen LogP contribution in [-0.4, -0.2) is 16.4 Å². The Bertz CT molecular complexity index is 1060. The van der Waals surface area contributed by atoms with Gasteiger partial charge in [0.05, 0.1) is 10.9 Å². The molecular weight excluding hydrogens is 390 g/mol. The van der Waals surface area contributed by atoms with E-state index in [1.807, 2.05) is 67.6 Å². The van der Waals surface area contributed by atoms with Crippen molar-refractivity contribution in [3.63, 3.8) is 0 Å². The summed E-state index contributed by atoms with van der Waals surface area (Å²) in [6.45, 7) is 1.99. The van der Waals surface area contributed by atoms with Crippen LogP contribution < -0.4 is 4.90 Å². The lowest BCUT2D eigenvalue weighted by Gasteiger charge is -2.15. The predicted molar refractivity (Wildman–Crippen MR) is 125 cm³/mol. The van der Waals surface area contributed by atoms with Crippen molar-refractivity contribution in [1.82, 2.24) is 0 Å². The Labute approximate surface area is 181 Å². The van der Waals surface area contributed by atoms with E-state index >= 15 is 0 Å². The number of allylic oxidation sites excluding steroid dienone is 1. The molecule has 1 fully saturated rings. The summed E-state index contributed by atoms with van der Waals surface area (Å²) in [5.74, 6) is -0.138. The molecule has 150 valence electrons. The second kappa shape index (κ2) is 9.14. The Morgan fingerprint density at radius 1 is 0.900 bits per heavy atom. The van der Waals surface area contributed by atoms with E-state index in [-0.39, 0.29) is 11.1 Å². The number of aryl methyl sites for hydroxylation is 1. The molecule has 3 aromatic carbocycles. The maximum atomic E-state index is 13.1. The first kappa shape index (κ1) is 20.2. The van der Waals surface area contributed by atoms with Gasteiger partial charge >= 0.3 is 0 Å². The van der Waals surface area contributed by atoms with Gasteiger partial charge in [-0.15, -0.1) is 0 Å². The van der Waals surface area contributed by atoms with Crippen LogP contribution in [-0.2, 0) is 11.2 Å². The highest BCUT2D eigenvalue weighted by molar-refractivity contribution is 8.15. The van der Waals surface area contributed by atoms with Gasteiger partial charge in [0.1, 0.15) is 0 Å². The second-order valence-electron chi connectivity index (χ2n) is 7.46. The maximum absolute atomic E-state index is 13.1. The molecule has 0 aliphatic carbocycles. The molecule has 1 saturated heterocycles. The average molecular weight is 414 g/mol. The number of nitrogens with zero attached hydrogens (tertiary/aromatic N) is 1. The number of thioether (sulfide) groups is 1. The van der Waals surface area contributed by atoms with Crippen molar-refractivity contribution in [2.45, 2.75) is 25.0 Å². The van der Waals surface area contributed by atoms with Gasteiger partial charge in [0.25, 0.3) is 5.24 Å². The van der Waals surface area contributed by atoms with Crippen molar-refractivity contribution in [3.05, 3.63) is 107 Å². The minimum atomic E-state index is -0.405. The zero-order chi connectivity index (χ0) is 20.9. The third kappa shape index (κ3) is 4.71. The highest BCUT2D eigenvalue weighted by Gasteiger charge is 2.40. The lowest BCUT2D eigenvalue weighted by Crippen LogP contribution is -2.31. The molecule has 3 aromatic rings. The quantitative estimate of drug-likeness (QED) is 0.477. The molecule has 30 heavy (non-hydrogen) atoms. The number of rotatable bonds is 6. The van der Waals surface area contributed by atoms with E-state index < -0.39 is 5.25 Å². The lowest BCUT2D eigenvalue weighted by atomic mass is 9.98. The molecule has 0 bridgehead atoms. The second-order valence-corrected chi connectivity index (χ2v) is 8.62. The SMILES string of the molecule is Cc1ccc(N2C(=O)SC(CC(=Cc3ccccc3)Cc3ccccc3)C2=O)cc1. The van der Waals surface area contributed by atoms with Crippen LogP contribution in [0.3, 0.4) is 0 Å². The minimum Gasteiger partial charge on any atom is -0.273 e. The van der Waals surface area contributed by atoms with E-state index in [0.29, 0.717) is 12.1 Å². The largest absolute Gasteiger partial charge is 0.293 e. The van der Waals surface area contributed by atoms with E-state index in [2.05, 4.69) is 30.3 Å². The summed E-state index contributed by atoms with van der Waals surface area (Å²) in [5, 5.41) is -0.606. The fraction of sp³-hybridized carbons (Fsp3) is 0.154. The molecule has 1 heterocycles. The molecule has 1 unspecified atom stereocenters. The number of benzene rings is 3. The van der Waals surface area contributed by atoms with Crippen LogP contribution in [0.5, 0.6) is 0 Å². The summed E-state index contributed by atoms with van der Waals surface area (Å²) in [4.78, 5) is 27.0. The van der Waals surface area contributed by atoms with Crippen LogP contribution in [0.15, 0.2) is 90.5 Å². The maximum Gasteiger partial charge on any atom is 0.293 e. The number of anilines is 1. The topological polar surface area (TPSA) is 37.4 Å². The number of amides is 2. The van der Waals surface area contributed by atoms with Crippen molar-refractivity contribution in [2.75, 3.05) is 4.90 Å². The van der Waals surface area contributed by atoms with Gasteiger partial charge in [-0.25, -0.2) is 4.90 Å². The van der Waals surface area contributed by atoms with Crippen molar-refractivity contribution in [3.8, 4) is 0 Å². The standard InChI is InChI=1S/C26H23NO2S/c1-19-12-14-23(15-13-19)27-25(28)24(30-26(27)29)18-22(16-20-8-4-2-5-9-20)17-21-10-6-3-7-11-21/h2-16,24H,17-18H2,1H3. The third-order valence-electron chi connectivity index (χ3n) is 5.11. The minimum absolute atomic E-state index is 0.138. The molecule has 0 N–H and O–H groups in total. The summed E-state index contributed by atoms with van der Waals surface area (Å²) in [7, 11) is 0. The molecule has 0 aromatic heterocycles. The number of hydrogen-bond acceptors (Lipinski definition) is 3. The first-order valence-electron chi connectivity index (χ1n) is 10.00. The Hall–Kier alpha value is -3.11. The number of carbonyl (C=O) groups is 2. The van der Waals surface area contributed by atoms with Crippen LogP contribution in [0.4, 0.5) is 10.5 Å². The predicted octanol–water partition coefficient (Wildman–Crippen LogP) is 6.28. The Balaban J connectivity index is 1.58. The van der Waals surface area contributed by atoms with Gasteiger partial charge in [0.2, 0.25) is 5.91 Å². The van der Waals surface area contributed by atoms with Gasteiger partial charge in [-0.05, 0) is 43.0 Å². The van der Waals surface area contributed by atoms with Crippen molar-refractivity contribution >= 4 is 34.7 Å². The molecule has 0 spiro atoms. The van der Waals surface area contributed by atoms with Gasteiger partial charge in [0, 0.05) is 0 Å². The van der Waals surface area contributed by atoms with Gasteiger partial charge in [0.15, 0.2) is 0 Å². The normalized spacial score (nSPS) is 16.9. The molecule has 4 rings (SSSR count). The van der Waals surface area contributed by atoms with E-state index in [1.54, 1.807) is 0 Å². The first-order chi connectivity index (χ1) is 14.6. The summed E-state index contributed by atoms with van der Waals surface area (Å²) in [6, 6.07) is 27.8. The summed E-state index contributed by atoms with van der Waals surface area (Å²) >= 11 is 1.13. The van der Waals surface area contributed by atoms with Gasteiger partial charge in [-0.2, -0.15) is 0 Å². The average Bonchev–Trinajstić information content (AvgIpc) is 3.03. The molecule has 1 aliphatic heterocycles. The van der Waals surface area contributed by atoms with Crippen molar-refractivity contribution < 1.29 is 9.59 Å². The number of carbonyl (C=O) groups excluding carboxylic acids is 2. The van der Waals surface area contributed by atoms with Crippen LogP contribution >= 0.6 is 11.8 Å². The zero-order valence-corrected chi connectivity index (χ0v) is 17.6. The first-order valence-corrected chi connectivity index (χ1v) is 10.9. The van der Waals surface area contributed by atoms with Crippen LogP contribution in [0.1, 0.15) is 23.1 Å². The van der Waals surface area contributed by atoms with Crippen molar-refractivity contribution in [1.29, 1.82) is 0 Å². The molecule has 1 aliphatic rings. The Kier molecular flexibility index (Phi) is 6.15. The summed E-state index contributed by atoms with van der Waals surface area (Å²) in [5.41, 5.74) is 5.16. The number of hydrogen-bond donors (Lipinski definition) is 0. The molecule has 4 heteroatoms. The highest BCUT2D eigenvalue weighted by atomic mass is 32.2. The van der Waals surface area contributed by atoms with E-state index in [1.165, 1.54) is 10.5 Å². The Morgan fingerprint density at radius 2 is 1.53 bits per heavy atom. The monoisotopic (exact) mass is 413 g/mol. The third-order valence-corrected chi connectivity index (χ3v) is 6.14. The van der Waals surface area contributed by atoms with Crippen LogP contribution in [0.25, 0.3) is 6.08 Å². The highest BCUT2D eigenvalue weighted by Crippen LogP contribution is 2.35. The fourth-order valence-electron chi connectivity index (χ4n) is 3.58. The summed E-state index contributed by atoms with van der Waals surface area (Å²) < 4.78 is 0. The molecule has 3 nitrogen and oxygen atoms in total. The molecule has 1 atom stereocenters.